The zero-order chi connectivity index (χ0) is 69.4. The van der Waals surface area contributed by atoms with Gasteiger partial charge in [-0.05, 0) is 51.4 Å². The SMILES string of the molecule is CC/C=C\C/C=C\C/C=C\C/C=C\CCCCCCCCCCCCCCCCCCCCC(=O)NC(COC1OC(CO)C(OC2OC(CO)C(O)C(O)C2O)C(O)C1O)C(O)CCCCCCCCCCCCCCCCCCCCCCCCCCCCCCCCC. The summed E-state index contributed by atoms with van der Waals surface area (Å²) in [6.45, 7) is 2.81. The van der Waals surface area contributed by atoms with E-state index in [2.05, 4.69) is 67.8 Å². The highest BCUT2D eigenvalue weighted by Crippen LogP contribution is 2.30. The molecule has 14 heteroatoms. The first kappa shape index (κ1) is 90.0. The number of nitrogens with one attached hydrogen (secondary N) is 1. The normalized spacial score (nSPS) is 22.4. The van der Waals surface area contributed by atoms with Crippen molar-refractivity contribution in [2.75, 3.05) is 19.8 Å². The van der Waals surface area contributed by atoms with E-state index >= 15 is 0 Å². The average Bonchev–Trinajstić information content (AvgIpc) is 0.797. The van der Waals surface area contributed by atoms with Crippen molar-refractivity contribution in [2.24, 2.45) is 0 Å². The highest BCUT2D eigenvalue weighted by Gasteiger charge is 2.51. The first-order chi connectivity index (χ1) is 47.1. The number of amides is 1. The number of hydrogen-bond acceptors (Lipinski definition) is 13. The van der Waals surface area contributed by atoms with Crippen LogP contribution in [0.25, 0.3) is 0 Å². The highest BCUT2D eigenvalue weighted by molar-refractivity contribution is 5.76. The summed E-state index contributed by atoms with van der Waals surface area (Å²) in [6.07, 6.45) is 71.6. The van der Waals surface area contributed by atoms with E-state index in [4.69, 9.17) is 18.9 Å². The maximum absolute atomic E-state index is 13.4. The number of hydrogen-bond donors (Lipinski definition) is 9. The lowest BCUT2D eigenvalue weighted by molar-refractivity contribution is -0.359. The van der Waals surface area contributed by atoms with Gasteiger partial charge in [0.1, 0.15) is 48.8 Å². The number of carbonyl (C=O) groups is 1. The molecule has 0 aromatic rings. The number of carbonyl (C=O) groups excluding carboxylic acids is 1. The molecule has 0 spiro atoms. The topological polar surface area (TPSA) is 228 Å². The second-order valence-corrected chi connectivity index (χ2v) is 28.9. The number of ether oxygens (including phenoxy) is 4. The molecular weight excluding hydrogens is 1210 g/mol. The van der Waals surface area contributed by atoms with E-state index in [9.17, 15) is 45.6 Å². The molecule has 96 heavy (non-hydrogen) atoms. The summed E-state index contributed by atoms with van der Waals surface area (Å²) in [5.41, 5.74) is 0. The van der Waals surface area contributed by atoms with Crippen molar-refractivity contribution in [1.82, 2.24) is 5.32 Å². The Balaban J connectivity index is 1.60. The largest absolute Gasteiger partial charge is 0.394 e. The molecule has 2 saturated heterocycles. The summed E-state index contributed by atoms with van der Waals surface area (Å²) in [5, 5.41) is 87.9. The fraction of sp³-hybridized carbons (Fsp3) is 0.890. The molecular formula is C82H153NO13. The molecule has 14 nitrogen and oxygen atoms in total. The van der Waals surface area contributed by atoms with E-state index in [0.717, 1.165) is 77.0 Å². The number of allylic oxidation sites excluding steroid dienone is 8. The van der Waals surface area contributed by atoms with Crippen LogP contribution < -0.4 is 5.32 Å². The van der Waals surface area contributed by atoms with Crippen molar-refractivity contribution >= 4 is 5.91 Å². The fourth-order valence-electron chi connectivity index (χ4n) is 13.6. The summed E-state index contributed by atoms with van der Waals surface area (Å²) in [5.74, 6) is -0.200. The number of aliphatic hydroxyl groups excluding tert-OH is 8. The Kier molecular flexibility index (Phi) is 62.1. The van der Waals surface area contributed by atoms with Gasteiger partial charge in [-0.15, -0.1) is 0 Å². The zero-order valence-corrected chi connectivity index (χ0v) is 61.9. The predicted molar refractivity (Wildman–Crippen MR) is 397 cm³/mol. The van der Waals surface area contributed by atoms with Crippen LogP contribution in [0.15, 0.2) is 48.6 Å². The maximum Gasteiger partial charge on any atom is 0.220 e. The van der Waals surface area contributed by atoms with Crippen LogP contribution in [-0.4, -0.2) is 140 Å². The lowest BCUT2D eigenvalue weighted by Gasteiger charge is -2.46. The molecule has 0 aromatic heterocycles. The Hall–Kier alpha value is -2.05. The molecule has 2 aliphatic rings. The van der Waals surface area contributed by atoms with Gasteiger partial charge in [-0.1, -0.05) is 364 Å². The van der Waals surface area contributed by atoms with Crippen molar-refractivity contribution in [2.45, 2.75) is 447 Å². The van der Waals surface area contributed by atoms with Crippen LogP contribution in [0.2, 0.25) is 0 Å². The third kappa shape index (κ3) is 48.7. The minimum Gasteiger partial charge on any atom is -0.394 e. The van der Waals surface area contributed by atoms with Gasteiger partial charge in [0.2, 0.25) is 5.91 Å². The molecule has 12 unspecified atom stereocenters. The molecule has 0 saturated carbocycles. The minimum absolute atomic E-state index is 0.200. The molecule has 0 aliphatic carbocycles. The summed E-state index contributed by atoms with van der Waals surface area (Å²) in [4.78, 5) is 13.4. The van der Waals surface area contributed by atoms with E-state index in [-0.39, 0.29) is 12.5 Å². The van der Waals surface area contributed by atoms with E-state index in [1.165, 1.54) is 270 Å². The van der Waals surface area contributed by atoms with Crippen molar-refractivity contribution < 1.29 is 64.6 Å². The Morgan fingerprint density at radius 3 is 1.10 bits per heavy atom. The van der Waals surface area contributed by atoms with Gasteiger partial charge in [-0.25, -0.2) is 0 Å². The van der Waals surface area contributed by atoms with Crippen LogP contribution >= 0.6 is 0 Å². The molecule has 12 atom stereocenters. The number of aliphatic hydroxyl groups is 8. The second-order valence-electron chi connectivity index (χ2n) is 28.9. The first-order valence-electron chi connectivity index (χ1n) is 40.9. The van der Waals surface area contributed by atoms with Crippen molar-refractivity contribution in [3.63, 3.8) is 0 Å². The summed E-state index contributed by atoms with van der Waals surface area (Å²) < 4.78 is 23.0. The maximum atomic E-state index is 13.4. The van der Waals surface area contributed by atoms with Crippen molar-refractivity contribution in [3.05, 3.63) is 48.6 Å². The quantitative estimate of drug-likeness (QED) is 0.0204. The van der Waals surface area contributed by atoms with Crippen LogP contribution in [0.5, 0.6) is 0 Å². The van der Waals surface area contributed by atoms with Gasteiger partial charge in [0.05, 0.1) is 32.0 Å². The predicted octanol–water partition coefficient (Wildman–Crippen LogP) is 18.6. The minimum atomic E-state index is -1.78. The molecule has 2 aliphatic heterocycles. The molecule has 2 heterocycles. The van der Waals surface area contributed by atoms with Gasteiger partial charge in [0, 0.05) is 6.42 Å². The Bertz CT molecular complexity index is 1800. The smallest absolute Gasteiger partial charge is 0.220 e. The lowest BCUT2D eigenvalue weighted by Crippen LogP contribution is -2.65. The highest BCUT2D eigenvalue weighted by atomic mass is 16.7. The monoisotopic (exact) mass is 1360 g/mol. The Morgan fingerprint density at radius 1 is 0.385 bits per heavy atom. The fourth-order valence-corrected chi connectivity index (χ4v) is 13.6. The molecule has 9 N–H and O–H groups in total. The van der Waals surface area contributed by atoms with Gasteiger partial charge in [0.25, 0.3) is 0 Å². The van der Waals surface area contributed by atoms with Crippen molar-refractivity contribution in [1.29, 1.82) is 0 Å². The lowest BCUT2D eigenvalue weighted by atomic mass is 9.97. The summed E-state index contributed by atoms with van der Waals surface area (Å²) in [6, 6.07) is -0.831. The Labute approximate surface area is 588 Å². The Morgan fingerprint density at radius 2 is 0.719 bits per heavy atom. The summed E-state index contributed by atoms with van der Waals surface area (Å²) in [7, 11) is 0. The number of rotatable bonds is 69. The third-order valence-corrected chi connectivity index (χ3v) is 20.1. The van der Waals surface area contributed by atoms with Crippen LogP contribution in [0.3, 0.4) is 0 Å². The van der Waals surface area contributed by atoms with Gasteiger partial charge in [-0.3, -0.25) is 4.79 Å². The van der Waals surface area contributed by atoms with Gasteiger partial charge in [0.15, 0.2) is 12.6 Å². The number of unbranched alkanes of at least 4 members (excludes halogenated alkanes) is 48. The van der Waals surface area contributed by atoms with E-state index in [1.54, 1.807) is 0 Å². The molecule has 2 fully saturated rings. The van der Waals surface area contributed by atoms with Crippen LogP contribution in [0.4, 0.5) is 0 Å². The third-order valence-electron chi connectivity index (χ3n) is 20.1. The van der Waals surface area contributed by atoms with E-state index < -0.39 is 86.8 Å². The van der Waals surface area contributed by atoms with E-state index in [0.29, 0.717) is 12.8 Å². The molecule has 1 amide bonds. The van der Waals surface area contributed by atoms with Gasteiger partial charge < -0.3 is 65.1 Å². The van der Waals surface area contributed by atoms with Gasteiger partial charge >= 0.3 is 0 Å². The molecule has 2 rings (SSSR count). The second kappa shape index (κ2) is 66.2. The molecule has 0 radical (unpaired) electrons. The molecule has 564 valence electrons. The van der Waals surface area contributed by atoms with E-state index in [1.807, 2.05) is 0 Å². The standard InChI is InChI=1S/C82H153NO13/c1-3-5-7-9-11-13-15-17-19-21-23-25-27-29-31-33-35-37-39-41-43-45-47-49-51-53-55-57-59-61-63-65-71(86)70(69-93-81-79(92)77(90)80(73(68-85)95-81)96-82-78(91)76(89)75(88)72(67-84)94-82)83-74(87)66-64-62-60-58-56-54-52-50-48-46-44-42-40-38-36-34-32-30-28-26-24-22-20-18-16-14-12-10-8-6-4-2/h6,8,12,14,18,20,24,26,70-73,75-82,84-86,88-92H,3-5,7,9-11,13,15-17,19,21-23,25,27-69H2,1-2H3,(H,83,87)/b8-6-,14-12-,20-18-,26-24-. The molecule has 0 aromatic carbocycles. The average molecular weight is 1360 g/mol. The van der Waals surface area contributed by atoms with Gasteiger partial charge in [-0.2, -0.15) is 0 Å². The molecule has 0 bridgehead atoms. The van der Waals surface area contributed by atoms with Crippen LogP contribution in [0, 0.1) is 0 Å². The van der Waals surface area contributed by atoms with Crippen molar-refractivity contribution in [3.8, 4) is 0 Å². The first-order valence-corrected chi connectivity index (χ1v) is 40.9. The summed E-state index contributed by atoms with van der Waals surface area (Å²) >= 11 is 0. The zero-order valence-electron chi connectivity index (χ0n) is 61.9. The van der Waals surface area contributed by atoms with Crippen LogP contribution in [0.1, 0.15) is 373 Å². The van der Waals surface area contributed by atoms with Crippen LogP contribution in [-0.2, 0) is 23.7 Å².